The molecular weight excluding hydrogens is 216 g/mol. The molecule has 1 amide bonds. The van der Waals surface area contributed by atoms with Gasteiger partial charge in [0.2, 0.25) is 5.91 Å². The zero-order chi connectivity index (χ0) is 10.7. The summed E-state index contributed by atoms with van der Waals surface area (Å²) in [6.45, 7) is 5.84. The molecule has 1 aromatic heterocycles. The van der Waals surface area contributed by atoms with Gasteiger partial charge in [0, 0.05) is 4.88 Å². The number of hydrogen-bond donors (Lipinski definition) is 2. The van der Waals surface area contributed by atoms with Crippen molar-refractivity contribution in [2.24, 2.45) is 0 Å². The van der Waals surface area contributed by atoms with Gasteiger partial charge < -0.3 is 5.32 Å². The number of amides is 1. The molecule has 0 saturated carbocycles. The van der Waals surface area contributed by atoms with Crippen molar-refractivity contribution in [3.8, 4) is 0 Å². The topological polar surface area (TPSA) is 42.0 Å². The van der Waals surface area contributed by atoms with Crippen molar-refractivity contribution in [3.63, 3.8) is 0 Å². The van der Waals surface area contributed by atoms with Gasteiger partial charge >= 0.3 is 0 Å². The lowest BCUT2D eigenvalue weighted by Gasteiger charge is -2.05. The molecule has 1 heterocycles. The van der Waals surface area contributed by atoms with E-state index in [9.17, 15) is 4.79 Å². The maximum absolute atomic E-state index is 11.4. The fourth-order valence-electron chi connectivity index (χ4n) is 0.900. The maximum Gasteiger partial charge on any atom is 0.238 e. The Kier molecular flexibility index (Phi) is 3.95. The third kappa shape index (κ3) is 2.72. The Labute approximate surface area is 93.3 Å². The Morgan fingerprint density at radius 2 is 2.29 bits per heavy atom. The van der Waals surface area contributed by atoms with Crippen molar-refractivity contribution in [3.05, 3.63) is 10.6 Å². The number of thiol groups is 1. The molecule has 0 fully saturated rings. The summed E-state index contributed by atoms with van der Waals surface area (Å²) in [5, 5.41) is 3.16. The highest BCUT2D eigenvalue weighted by Crippen LogP contribution is 2.21. The van der Waals surface area contributed by atoms with E-state index in [1.165, 1.54) is 11.3 Å². The Balaban J connectivity index is 2.65. The van der Waals surface area contributed by atoms with E-state index in [4.69, 9.17) is 0 Å². The van der Waals surface area contributed by atoms with Crippen LogP contribution >= 0.6 is 24.0 Å². The van der Waals surface area contributed by atoms with Gasteiger partial charge in [-0.05, 0) is 20.3 Å². The minimum atomic E-state index is -0.250. The van der Waals surface area contributed by atoms with E-state index in [2.05, 4.69) is 22.9 Å². The first-order chi connectivity index (χ1) is 6.54. The predicted octanol–water partition coefficient (Wildman–Crippen LogP) is 2.41. The summed E-state index contributed by atoms with van der Waals surface area (Å²) in [4.78, 5) is 16.8. The van der Waals surface area contributed by atoms with Crippen LogP contribution in [0.4, 0.5) is 5.13 Å². The molecule has 1 aromatic rings. The van der Waals surface area contributed by atoms with Crippen LogP contribution in [-0.2, 0) is 4.79 Å². The van der Waals surface area contributed by atoms with Crippen LogP contribution in [0.1, 0.15) is 23.9 Å². The standard InChI is InChI=1S/C9H14N2OS2/c1-4-7(13)8(12)11-9-10-5(2)6(3)14-9/h7,13H,4H2,1-3H3,(H,10,11,12). The van der Waals surface area contributed by atoms with Gasteiger partial charge in [-0.2, -0.15) is 12.6 Å². The monoisotopic (exact) mass is 230 g/mol. The van der Waals surface area contributed by atoms with E-state index in [0.717, 1.165) is 17.0 Å². The lowest BCUT2D eigenvalue weighted by Crippen LogP contribution is -2.22. The average molecular weight is 230 g/mol. The minimum absolute atomic E-state index is 0.0791. The molecule has 0 aliphatic heterocycles. The number of carbonyl (C=O) groups excluding carboxylic acids is 1. The fraction of sp³-hybridized carbons (Fsp3) is 0.556. The van der Waals surface area contributed by atoms with Crippen LogP contribution in [-0.4, -0.2) is 16.1 Å². The Hall–Kier alpha value is -0.550. The molecular formula is C9H14N2OS2. The zero-order valence-corrected chi connectivity index (χ0v) is 10.2. The number of aryl methyl sites for hydroxylation is 2. The van der Waals surface area contributed by atoms with Gasteiger partial charge in [0.25, 0.3) is 0 Å². The second-order valence-electron chi connectivity index (χ2n) is 3.07. The van der Waals surface area contributed by atoms with Crippen molar-refractivity contribution in [2.75, 3.05) is 5.32 Å². The first-order valence-corrected chi connectivity index (χ1v) is 5.80. The van der Waals surface area contributed by atoms with Crippen LogP contribution in [0.3, 0.4) is 0 Å². The molecule has 14 heavy (non-hydrogen) atoms. The highest BCUT2D eigenvalue weighted by molar-refractivity contribution is 7.81. The Bertz CT molecular complexity index is 316. The van der Waals surface area contributed by atoms with Gasteiger partial charge in [-0.15, -0.1) is 11.3 Å². The van der Waals surface area contributed by atoms with E-state index < -0.39 is 0 Å². The second-order valence-corrected chi connectivity index (χ2v) is 4.90. The summed E-state index contributed by atoms with van der Waals surface area (Å²) >= 11 is 5.65. The third-order valence-corrected chi connectivity index (χ3v) is 3.54. The maximum atomic E-state index is 11.4. The van der Waals surface area contributed by atoms with Gasteiger partial charge in [0.1, 0.15) is 0 Å². The number of hydrogen-bond acceptors (Lipinski definition) is 4. The smallest absolute Gasteiger partial charge is 0.238 e. The summed E-state index contributed by atoms with van der Waals surface area (Å²) in [6.07, 6.45) is 0.721. The van der Waals surface area contributed by atoms with Crippen LogP contribution in [0.2, 0.25) is 0 Å². The van der Waals surface area contributed by atoms with Gasteiger partial charge in [-0.3, -0.25) is 4.79 Å². The molecule has 0 aromatic carbocycles. The molecule has 3 nitrogen and oxygen atoms in total. The van der Waals surface area contributed by atoms with Crippen LogP contribution in [0.25, 0.3) is 0 Å². The number of anilines is 1. The molecule has 78 valence electrons. The molecule has 0 spiro atoms. The summed E-state index contributed by atoms with van der Waals surface area (Å²) in [5.41, 5.74) is 0.970. The zero-order valence-electron chi connectivity index (χ0n) is 8.50. The van der Waals surface area contributed by atoms with Crippen LogP contribution in [0.15, 0.2) is 0 Å². The normalized spacial score (nSPS) is 12.6. The van der Waals surface area contributed by atoms with Crippen LogP contribution in [0, 0.1) is 13.8 Å². The number of aromatic nitrogens is 1. The van der Waals surface area contributed by atoms with E-state index in [-0.39, 0.29) is 11.2 Å². The predicted molar refractivity (Wildman–Crippen MR) is 63.3 cm³/mol. The van der Waals surface area contributed by atoms with E-state index in [1.54, 1.807) is 0 Å². The summed E-state index contributed by atoms with van der Waals surface area (Å²) < 4.78 is 0. The molecule has 1 N–H and O–H groups in total. The van der Waals surface area contributed by atoms with Gasteiger partial charge in [-0.25, -0.2) is 4.98 Å². The number of nitrogens with zero attached hydrogens (tertiary/aromatic N) is 1. The Morgan fingerprint density at radius 3 is 2.71 bits per heavy atom. The lowest BCUT2D eigenvalue weighted by molar-refractivity contribution is -0.115. The van der Waals surface area contributed by atoms with Gasteiger partial charge in [0.05, 0.1) is 10.9 Å². The van der Waals surface area contributed by atoms with Crippen LogP contribution < -0.4 is 5.32 Å². The van der Waals surface area contributed by atoms with Gasteiger partial charge in [0.15, 0.2) is 5.13 Å². The van der Waals surface area contributed by atoms with Crippen molar-refractivity contribution in [2.45, 2.75) is 32.4 Å². The molecule has 1 rings (SSSR count). The summed E-state index contributed by atoms with van der Waals surface area (Å²) in [5.74, 6) is -0.0791. The molecule has 5 heteroatoms. The molecule has 0 bridgehead atoms. The highest BCUT2D eigenvalue weighted by atomic mass is 32.1. The number of nitrogens with one attached hydrogen (secondary N) is 1. The summed E-state index contributed by atoms with van der Waals surface area (Å²) in [7, 11) is 0. The quantitative estimate of drug-likeness (QED) is 0.783. The van der Waals surface area contributed by atoms with E-state index in [0.29, 0.717) is 5.13 Å². The Morgan fingerprint density at radius 1 is 1.64 bits per heavy atom. The van der Waals surface area contributed by atoms with Crippen molar-refractivity contribution in [1.82, 2.24) is 4.98 Å². The number of carbonyl (C=O) groups is 1. The number of thiazole rings is 1. The van der Waals surface area contributed by atoms with Gasteiger partial charge in [-0.1, -0.05) is 6.92 Å². The van der Waals surface area contributed by atoms with Crippen molar-refractivity contribution >= 4 is 35.0 Å². The lowest BCUT2D eigenvalue weighted by atomic mass is 10.3. The second kappa shape index (κ2) is 4.79. The van der Waals surface area contributed by atoms with Crippen LogP contribution in [0.5, 0.6) is 0 Å². The van der Waals surface area contributed by atoms with E-state index >= 15 is 0 Å². The number of rotatable bonds is 3. The first kappa shape index (κ1) is 11.5. The summed E-state index contributed by atoms with van der Waals surface area (Å²) in [6, 6.07) is 0. The molecule has 0 radical (unpaired) electrons. The molecule has 0 aliphatic rings. The SMILES string of the molecule is CCC(S)C(=O)Nc1nc(C)c(C)s1. The molecule has 0 aliphatic carbocycles. The molecule has 1 atom stereocenters. The molecule has 1 unspecified atom stereocenters. The first-order valence-electron chi connectivity index (χ1n) is 4.47. The third-order valence-electron chi connectivity index (χ3n) is 1.95. The van der Waals surface area contributed by atoms with Crippen molar-refractivity contribution in [1.29, 1.82) is 0 Å². The highest BCUT2D eigenvalue weighted by Gasteiger charge is 2.13. The average Bonchev–Trinajstić information content (AvgIpc) is 2.44. The van der Waals surface area contributed by atoms with E-state index in [1.807, 2.05) is 20.8 Å². The van der Waals surface area contributed by atoms with Crippen molar-refractivity contribution < 1.29 is 4.79 Å². The largest absolute Gasteiger partial charge is 0.301 e. The molecule has 0 saturated heterocycles. The fourth-order valence-corrected chi connectivity index (χ4v) is 1.78. The minimum Gasteiger partial charge on any atom is -0.301 e.